The van der Waals surface area contributed by atoms with Crippen LogP contribution in [0.4, 0.5) is 0 Å². The van der Waals surface area contributed by atoms with Gasteiger partial charge in [0, 0.05) is 7.05 Å². The van der Waals surface area contributed by atoms with Crippen molar-refractivity contribution in [3.8, 4) is 0 Å². The molecule has 2 aromatic rings. The first-order valence-corrected chi connectivity index (χ1v) is 8.70. The number of aryl methyl sites for hydroxylation is 1. The maximum atomic E-state index is 12.8. The van der Waals surface area contributed by atoms with Crippen molar-refractivity contribution in [1.82, 2.24) is 5.32 Å². The summed E-state index contributed by atoms with van der Waals surface area (Å²) in [5, 5.41) is 1.53. The largest absolute Gasteiger partial charge is 0.358 e. The lowest BCUT2D eigenvalue weighted by Crippen LogP contribution is -2.30. The number of carbonyl (C=O) groups is 1. The average molecular weight is 317 g/mol. The number of sulfone groups is 1. The molecule has 0 spiro atoms. The summed E-state index contributed by atoms with van der Waals surface area (Å²) in [7, 11) is -2.24. The number of amides is 1. The SMILES string of the molecule is CNC(=O)CS(=O)(=O)[C@@H](c1ccccc1)c1ccccc1C. The van der Waals surface area contributed by atoms with Gasteiger partial charge in [-0.15, -0.1) is 0 Å². The zero-order valence-electron chi connectivity index (χ0n) is 12.6. The van der Waals surface area contributed by atoms with Gasteiger partial charge in [-0.25, -0.2) is 8.42 Å². The Bertz CT molecular complexity index is 754. The van der Waals surface area contributed by atoms with Gasteiger partial charge in [0.05, 0.1) is 0 Å². The number of rotatable bonds is 5. The normalized spacial score (nSPS) is 12.6. The lowest BCUT2D eigenvalue weighted by Gasteiger charge is -2.20. The molecular formula is C17H19NO3S. The molecule has 0 aliphatic heterocycles. The smallest absolute Gasteiger partial charge is 0.234 e. The van der Waals surface area contributed by atoms with Gasteiger partial charge >= 0.3 is 0 Å². The lowest BCUT2D eigenvalue weighted by atomic mass is 10.0. The maximum absolute atomic E-state index is 12.8. The van der Waals surface area contributed by atoms with E-state index in [2.05, 4.69) is 5.32 Å². The van der Waals surface area contributed by atoms with Gasteiger partial charge in [0.2, 0.25) is 5.91 Å². The average Bonchev–Trinajstić information content (AvgIpc) is 2.50. The summed E-state index contributed by atoms with van der Waals surface area (Å²) < 4.78 is 25.6. The molecule has 1 atom stereocenters. The van der Waals surface area contributed by atoms with E-state index >= 15 is 0 Å². The molecule has 0 unspecified atom stereocenters. The minimum absolute atomic E-state index is 0.505. The Kier molecular flexibility index (Phi) is 4.98. The molecule has 0 fully saturated rings. The Hall–Kier alpha value is -2.14. The predicted molar refractivity (Wildman–Crippen MR) is 87.3 cm³/mol. The molecule has 0 aliphatic rings. The minimum Gasteiger partial charge on any atom is -0.358 e. The van der Waals surface area contributed by atoms with E-state index in [-0.39, 0.29) is 0 Å². The third-order valence-corrected chi connectivity index (χ3v) is 5.45. The van der Waals surface area contributed by atoms with E-state index in [0.29, 0.717) is 11.1 Å². The second kappa shape index (κ2) is 6.75. The Morgan fingerprint density at radius 2 is 1.64 bits per heavy atom. The van der Waals surface area contributed by atoms with Crippen LogP contribution in [0, 0.1) is 6.92 Å². The molecule has 5 heteroatoms. The van der Waals surface area contributed by atoms with Crippen molar-refractivity contribution in [3.05, 3.63) is 71.3 Å². The molecule has 1 N–H and O–H groups in total. The molecule has 1 amide bonds. The maximum Gasteiger partial charge on any atom is 0.234 e. The quantitative estimate of drug-likeness (QED) is 0.920. The second-order valence-electron chi connectivity index (χ2n) is 5.13. The Labute approximate surface area is 131 Å². The number of benzene rings is 2. The molecule has 22 heavy (non-hydrogen) atoms. The number of hydrogen-bond donors (Lipinski definition) is 1. The molecule has 0 aliphatic carbocycles. The lowest BCUT2D eigenvalue weighted by molar-refractivity contribution is -0.118. The van der Waals surface area contributed by atoms with Crippen LogP contribution in [0.1, 0.15) is 21.9 Å². The van der Waals surface area contributed by atoms with Crippen LogP contribution in [0.2, 0.25) is 0 Å². The fourth-order valence-electron chi connectivity index (χ4n) is 2.43. The van der Waals surface area contributed by atoms with Crippen LogP contribution in [0.15, 0.2) is 54.6 Å². The molecule has 0 bridgehead atoms. The molecule has 2 rings (SSSR count). The van der Waals surface area contributed by atoms with Gasteiger partial charge < -0.3 is 5.32 Å². The van der Waals surface area contributed by atoms with E-state index < -0.39 is 26.7 Å². The molecule has 0 saturated heterocycles. The molecule has 2 aromatic carbocycles. The molecule has 0 heterocycles. The van der Waals surface area contributed by atoms with Crippen molar-refractivity contribution in [3.63, 3.8) is 0 Å². The first-order valence-electron chi connectivity index (χ1n) is 6.98. The van der Waals surface area contributed by atoms with E-state index in [1.54, 1.807) is 30.3 Å². The molecule has 4 nitrogen and oxygen atoms in total. The van der Waals surface area contributed by atoms with Crippen LogP contribution in [-0.4, -0.2) is 27.1 Å². The predicted octanol–water partition coefficient (Wildman–Crippen LogP) is 2.25. The van der Waals surface area contributed by atoms with Crippen molar-refractivity contribution in [2.45, 2.75) is 12.2 Å². The summed E-state index contributed by atoms with van der Waals surface area (Å²) in [5.74, 6) is -1.04. The van der Waals surface area contributed by atoms with Crippen LogP contribution in [0.3, 0.4) is 0 Å². The molecule has 0 radical (unpaired) electrons. The van der Waals surface area contributed by atoms with Gasteiger partial charge in [-0.3, -0.25) is 4.79 Å². The summed E-state index contributed by atoms with van der Waals surface area (Å²) >= 11 is 0. The number of nitrogens with one attached hydrogen (secondary N) is 1. The highest BCUT2D eigenvalue weighted by molar-refractivity contribution is 7.92. The zero-order valence-corrected chi connectivity index (χ0v) is 13.4. The van der Waals surface area contributed by atoms with Crippen molar-refractivity contribution in [2.24, 2.45) is 0 Å². The van der Waals surface area contributed by atoms with Gasteiger partial charge in [-0.05, 0) is 23.6 Å². The Balaban J connectivity index is 2.57. The van der Waals surface area contributed by atoms with Crippen molar-refractivity contribution in [1.29, 1.82) is 0 Å². The highest BCUT2D eigenvalue weighted by Crippen LogP contribution is 2.32. The number of carbonyl (C=O) groups excluding carboxylic acids is 1. The van der Waals surface area contributed by atoms with Gasteiger partial charge in [0.15, 0.2) is 9.84 Å². The van der Waals surface area contributed by atoms with E-state index in [0.717, 1.165) is 5.56 Å². The monoisotopic (exact) mass is 317 g/mol. The summed E-state index contributed by atoms with van der Waals surface area (Å²) in [6.45, 7) is 1.88. The summed E-state index contributed by atoms with van der Waals surface area (Å²) in [5.41, 5.74) is 2.26. The van der Waals surface area contributed by atoms with Gasteiger partial charge in [-0.1, -0.05) is 54.6 Å². The first kappa shape index (κ1) is 16.2. The Morgan fingerprint density at radius 1 is 1.05 bits per heavy atom. The standard InChI is InChI=1S/C17H19NO3S/c1-13-8-6-7-11-15(13)17(14-9-4-3-5-10-14)22(20,21)12-16(19)18-2/h3-11,17H,12H2,1-2H3,(H,18,19)/t17-/m0/s1. The third kappa shape index (κ3) is 3.54. The van der Waals surface area contributed by atoms with E-state index in [1.807, 2.05) is 31.2 Å². The topological polar surface area (TPSA) is 63.2 Å². The van der Waals surface area contributed by atoms with Crippen molar-refractivity contribution < 1.29 is 13.2 Å². The molecule has 0 aromatic heterocycles. The van der Waals surface area contributed by atoms with Crippen LogP contribution >= 0.6 is 0 Å². The van der Waals surface area contributed by atoms with Crippen LogP contribution in [-0.2, 0) is 14.6 Å². The third-order valence-electron chi connectivity index (χ3n) is 3.54. The summed E-state index contributed by atoms with van der Waals surface area (Å²) in [4.78, 5) is 11.6. The highest BCUT2D eigenvalue weighted by Gasteiger charge is 2.31. The van der Waals surface area contributed by atoms with Crippen molar-refractivity contribution in [2.75, 3.05) is 12.8 Å². The van der Waals surface area contributed by atoms with Crippen LogP contribution in [0.5, 0.6) is 0 Å². The van der Waals surface area contributed by atoms with E-state index in [1.165, 1.54) is 7.05 Å². The van der Waals surface area contributed by atoms with Gasteiger partial charge in [0.25, 0.3) is 0 Å². The Morgan fingerprint density at radius 3 is 2.23 bits per heavy atom. The van der Waals surface area contributed by atoms with Crippen LogP contribution < -0.4 is 5.32 Å². The highest BCUT2D eigenvalue weighted by atomic mass is 32.2. The minimum atomic E-state index is -3.67. The van der Waals surface area contributed by atoms with Gasteiger partial charge in [-0.2, -0.15) is 0 Å². The molecule has 0 saturated carbocycles. The fourth-order valence-corrected chi connectivity index (χ4v) is 4.33. The number of hydrogen-bond acceptors (Lipinski definition) is 3. The second-order valence-corrected chi connectivity index (χ2v) is 7.21. The molecular weight excluding hydrogens is 298 g/mol. The van der Waals surface area contributed by atoms with Gasteiger partial charge in [0.1, 0.15) is 11.0 Å². The van der Waals surface area contributed by atoms with Crippen molar-refractivity contribution >= 4 is 15.7 Å². The molecule has 116 valence electrons. The van der Waals surface area contributed by atoms with E-state index in [9.17, 15) is 13.2 Å². The summed E-state index contributed by atoms with van der Waals surface area (Å²) in [6, 6.07) is 16.3. The van der Waals surface area contributed by atoms with Crippen LogP contribution in [0.25, 0.3) is 0 Å². The van der Waals surface area contributed by atoms with E-state index in [4.69, 9.17) is 0 Å². The zero-order chi connectivity index (χ0) is 16.2. The summed E-state index contributed by atoms with van der Waals surface area (Å²) in [6.07, 6.45) is 0. The fraction of sp³-hybridized carbons (Fsp3) is 0.235. The first-order chi connectivity index (χ1) is 10.5.